The van der Waals surface area contributed by atoms with Gasteiger partial charge in [0, 0.05) is 22.3 Å². The Balaban J connectivity index is 1.55. The first-order chi connectivity index (χ1) is 13.4. The molecule has 0 radical (unpaired) electrons. The van der Waals surface area contributed by atoms with Gasteiger partial charge in [-0.25, -0.2) is 0 Å². The Morgan fingerprint density at radius 2 is 1.75 bits per heavy atom. The Labute approximate surface area is 174 Å². The summed E-state index contributed by atoms with van der Waals surface area (Å²) in [7, 11) is 0. The van der Waals surface area contributed by atoms with Crippen LogP contribution in [0.5, 0.6) is 5.75 Å². The zero-order valence-corrected chi connectivity index (χ0v) is 17.0. The number of hydrogen-bond acceptors (Lipinski definition) is 3. The first kappa shape index (κ1) is 20.5. The van der Waals surface area contributed by atoms with Crippen molar-refractivity contribution >= 4 is 40.7 Å². The Hall–Kier alpha value is -2.24. The number of carbonyl (C=O) groups is 2. The van der Waals surface area contributed by atoms with Crippen LogP contribution in [-0.4, -0.2) is 24.0 Å². The van der Waals surface area contributed by atoms with Gasteiger partial charge in [-0.15, -0.1) is 0 Å². The van der Waals surface area contributed by atoms with Gasteiger partial charge in [0.1, 0.15) is 5.75 Å². The molecule has 1 aliphatic carbocycles. The molecular weight excluding hydrogens is 399 g/mol. The predicted molar refractivity (Wildman–Crippen MR) is 111 cm³/mol. The lowest BCUT2D eigenvalue weighted by Gasteiger charge is -2.16. The molecule has 0 heterocycles. The maximum Gasteiger partial charge on any atom is 0.265 e. The van der Waals surface area contributed by atoms with E-state index in [1.807, 2.05) is 0 Å². The summed E-state index contributed by atoms with van der Waals surface area (Å²) in [4.78, 5) is 24.6. The van der Waals surface area contributed by atoms with E-state index in [0.717, 1.165) is 25.7 Å². The number of rotatable bonds is 6. The van der Waals surface area contributed by atoms with Crippen LogP contribution in [0.4, 0.5) is 5.69 Å². The lowest BCUT2D eigenvalue weighted by molar-refractivity contribution is -0.122. The van der Waals surface area contributed by atoms with E-state index in [-0.39, 0.29) is 17.9 Å². The monoisotopic (exact) mass is 420 g/mol. The molecule has 0 aromatic heterocycles. The largest absolute Gasteiger partial charge is 0.479 e. The van der Waals surface area contributed by atoms with Crippen molar-refractivity contribution < 1.29 is 14.3 Å². The van der Waals surface area contributed by atoms with Crippen molar-refractivity contribution in [2.45, 2.75) is 44.8 Å². The van der Waals surface area contributed by atoms with E-state index in [4.69, 9.17) is 27.9 Å². The second-order valence-electron chi connectivity index (χ2n) is 6.86. The molecule has 1 aliphatic rings. The molecule has 0 bridgehead atoms. The van der Waals surface area contributed by atoms with E-state index in [1.54, 1.807) is 49.4 Å². The zero-order chi connectivity index (χ0) is 20.1. The number of nitrogens with one attached hydrogen (secondary N) is 2. The smallest absolute Gasteiger partial charge is 0.265 e. The highest BCUT2D eigenvalue weighted by molar-refractivity contribution is 6.35. The Kier molecular flexibility index (Phi) is 6.81. The summed E-state index contributed by atoms with van der Waals surface area (Å²) in [5.74, 6) is -0.0271. The third-order valence-corrected chi connectivity index (χ3v) is 5.20. The van der Waals surface area contributed by atoms with Crippen molar-refractivity contribution in [3.05, 3.63) is 58.1 Å². The normalized spacial score (nSPS) is 15.1. The molecule has 1 saturated carbocycles. The molecule has 1 fully saturated rings. The van der Waals surface area contributed by atoms with Crippen molar-refractivity contribution in [1.82, 2.24) is 5.32 Å². The molecule has 0 aliphatic heterocycles. The molecule has 7 heteroatoms. The van der Waals surface area contributed by atoms with E-state index in [1.165, 1.54) is 0 Å². The summed E-state index contributed by atoms with van der Waals surface area (Å²) < 4.78 is 5.60. The van der Waals surface area contributed by atoms with Gasteiger partial charge >= 0.3 is 0 Å². The van der Waals surface area contributed by atoms with Crippen LogP contribution in [0, 0.1) is 0 Å². The number of amides is 2. The molecule has 1 atom stereocenters. The van der Waals surface area contributed by atoms with Gasteiger partial charge in [-0.2, -0.15) is 0 Å². The number of anilines is 1. The van der Waals surface area contributed by atoms with Crippen LogP contribution in [0.1, 0.15) is 43.0 Å². The molecule has 3 rings (SSSR count). The molecule has 1 unspecified atom stereocenters. The molecule has 2 aromatic rings. The maximum atomic E-state index is 12.4. The van der Waals surface area contributed by atoms with Crippen LogP contribution in [0.15, 0.2) is 42.5 Å². The van der Waals surface area contributed by atoms with Crippen LogP contribution in [0.25, 0.3) is 0 Å². The highest BCUT2D eigenvalue weighted by Crippen LogP contribution is 2.28. The summed E-state index contributed by atoms with van der Waals surface area (Å²) in [6.07, 6.45) is 3.64. The first-order valence-corrected chi connectivity index (χ1v) is 10.0. The minimum absolute atomic E-state index is 0.0844. The molecule has 2 N–H and O–H groups in total. The van der Waals surface area contributed by atoms with E-state index >= 15 is 0 Å². The summed E-state index contributed by atoms with van der Waals surface area (Å²) in [5.41, 5.74) is 1.15. The molecule has 2 aromatic carbocycles. The average Bonchev–Trinajstić information content (AvgIpc) is 3.17. The van der Waals surface area contributed by atoms with Crippen molar-refractivity contribution in [2.24, 2.45) is 0 Å². The zero-order valence-electron chi connectivity index (χ0n) is 15.5. The second-order valence-corrected chi connectivity index (χ2v) is 7.70. The molecule has 148 valence electrons. The minimum Gasteiger partial charge on any atom is -0.479 e. The minimum atomic E-state index is -0.760. The Morgan fingerprint density at radius 1 is 1.07 bits per heavy atom. The van der Waals surface area contributed by atoms with Crippen molar-refractivity contribution in [1.29, 1.82) is 0 Å². The van der Waals surface area contributed by atoms with Crippen LogP contribution in [-0.2, 0) is 4.79 Å². The summed E-state index contributed by atoms with van der Waals surface area (Å²) >= 11 is 11.9. The van der Waals surface area contributed by atoms with Gasteiger partial charge in [-0.05, 0) is 62.2 Å². The van der Waals surface area contributed by atoms with Crippen LogP contribution in [0.3, 0.4) is 0 Å². The summed E-state index contributed by atoms with van der Waals surface area (Å²) in [6, 6.07) is 11.9. The molecule has 28 heavy (non-hydrogen) atoms. The van der Waals surface area contributed by atoms with Gasteiger partial charge in [-0.1, -0.05) is 36.0 Å². The SMILES string of the molecule is CC(Oc1ccc(Cl)cc1Cl)C(=O)Nc1ccc(C(=O)NC2CCCC2)cc1. The topological polar surface area (TPSA) is 67.4 Å². The van der Waals surface area contributed by atoms with Crippen molar-refractivity contribution in [3.8, 4) is 5.75 Å². The molecule has 0 saturated heterocycles. The van der Waals surface area contributed by atoms with Crippen LogP contribution in [0.2, 0.25) is 10.0 Å². The van der Waals surface area contributed by atoms with Crippen molar-refractivity contribution in [3.63, 3.8) is 0 Å². The number of halogens is 2. The fourth-order valence-corrected chi connectivity index (χ4v) is 3.56. The standard InChI is InChI=1S/C21H22Cl2N2O3/c1-13(28-19-11-8-15(22)12-18(19)23)20(26)24-17-9-6-14(7-10-17)21(27)25-16-4-2-3-5-16/h6-13,16H,2-5H2,1H3,(H,24,26)(H,25,27). The van der Waals surface area contributed by atoms with Crippen molar-refractivity contribution in [2.75, 3.05) is 5.32 Å². The second kappa shape index (κ2) is 9.30. The van der Waals surface area contributed by atoms with Gasteiger partial charge in [0.2, 0.25) is 0 Å². The highest BCUT2D eigenvalue weighted by atomic mass is 35.5. The number of carbonyl (C=O) groups excluding carboxylic acids is 2. The van der Waals surface area contributed by atoms with Gasteiger partial charge in [0.15, 0.2) is 6.10 Å². The predicted octanol–water partition coefficient (Wildman–Crippen LogP) is 5.07. The lowest BCUT2D eigenvalue weighted by atomic mass is 10.1. The summed E-state index contributed by atoms with van der Waals surface area (Å²) in [5, 5.41) is 6.64. The van der Waals surface area contributed by atoms with Gasteiger partial charge < -0.3 is 15.4 Å². The maximum absolute atomic E-state index is 12.4. The van der Waals surface area contributed by atoms with E-state index in [9.17, 15) is 9.59 Å². The first-order valence-electron chi connectivity index (χ1n) is 9.26. The Morgan fingerprint density at radius 3 is 2.39 bits per heavy atom. The number of ether oxygens (including phenoxy) is 1. The number of benzene rings is 2. The third-order valence-electron chi connectivity index (χ3n) is 4.67. The highest BCUT2D eigenvalue weighted by Gasteiger charge is 2.19. The van der Waals surface area contributed by atoms with Crippen LogP contribution < -0.4 is 15.4 Å². The van der Waals surface area contributed by atoms with Gasteiger partial charge in [-0.3, -0.25) is 9.59 Å². The fourth-order valence-electron chi connectivity index (χ4n) is 3.10. The molecule has 2 amide bonds. The lowest BCUT2D eigenvalue weighted by Crippen LogP contribution is -2.32. The number of hydrogen-bond donors (Lipinski definition) is 2. The quantitative estimate of drug-likeness (QED) is 0.684. The third kappa shape index (κ3) is 5.40. The van der Waals surface area contributed by atoms with Gasteiger partial charge in [0.25, 0.3) is 11.8 Å². The van der Waals surface area contributed by atoms with E-state index in [2.05, 4.69) is 10.6 Å². The molecular formula is C21H22Cl2N2O3. The average molecular weight is 421 g/mol. The Bertz CT molecular complexity index is 849. The van der Waals surface area contributed by atoms with Crippen LogP contribution >= 0.6 is 23.2 Å². The molecule has 0 spiro atoms. The fraction of sp³-hybridized carbons (Fsp3) is 0.333. The molecule has 5 nitrogen and oxygen atoms in total. The van der Waals surface area contributed by atoms with Gasteiger partial charge in [0.05, 0.1) is 5.02 Å². The van der Waals surface area contributed by atoms with E-state index < -0.39 is 6.10 Å². The summed E-state index contributed by atoms with van der Waals surface area (Å²) in [6.45, 7) is 1.63. The van der Waals surface area contributed by atoms with E-state index in [0.29, 0.717) is 27.0 Å².